The molecule has 0 rings (SSSR count). The van der Waals surface area contributed by atoms with Crippen molar-refractivity contribution in [3.05, 3.63) is 43.2 Å². The molecule has 0 aromatic carbocycles. The molecule has 0 N–H and O–H groups in total. The highest BCUT2D eigenvalue weighted by atomic mass is 13.7. The maximum absolute atomic E-state index is 5.22. The summed E-state index contributed by atoms with van der Waals surface area (Å²) in [5.41, 5.74) is 3.10. The lowest BCUT2D eigenvalue weighted by atomic mass is 10.3. The molecule has 0 heterocycles. The van der Waals surface area contributed by atoms with Crippen LogP contribution in [0.4, 0.5) is 0 Å². The topological polar surface area (TPSA) is 0 Å². The minimum atomic E-state index is 0.593. The van der Waals surface area contributed by atoms with Crippen molar-refractivity contribution in [3.8, 4) is 0 Å². The summed E-state index contributed by atoms with van der Waals surface area (Å²) in [5, 5.41) is 0. The van der Waals surface area contributed by atoms with Gasteiger partial charge < -0.3 is 0 Å². The average molecular weight is 91.1 g/mol. The minimum Gasteiger partial charge on any atom is -0.128 e. The molecule has 0 aromatic rings. The van der Waals surface area contributed by atoms with E-state index in [0.29, 0.717) is 5.57 Å². The van der Waals surface area contributed by atoms with Crippen molar-refractivity contribution >= 4 is 0 Å². The Bertz CT molecular complexity index is 123. The Morgan fingerprint density at radius 3 is 2.43 bits per heavy atom. The van der Waals surface area contributed by atoms with Crippen molar-refractivity contribution in [3.63, 3.8) is 0 Å². The second-order valence-corrected chi connectivity index (χ2v) is 1.05. The summed E-state index contributed by atoms with van der Waals surface area (Å²) in [5.74, 6) is 0. The highest BCUT2D eigenvalue weighted by Crippen LogP contribution is 1.87. The number of hydrogen-bond acceptors (Lipinski definition) is 0. The zero-order valence-corrected chi connectivity index (χ0v) is 4.15. The third-order valence-corrected chi connectivity index (χ3v) is 0.504. The summed E-state index contributed by atoms with van der Waals surface area (Å²) in [4.78, 5) is 0. The van der Waals surface area contributed by atoms with E-state index in [4.69, 9.17) is 6.58 Å². The first kappa shape index (κ1) is 6.00. The molecule has 0 bridgehead atoms. The molecule has 0 unspecified atom stereocenters. The van der Waals surface area contributed by atoms with Gasteiger partial charge in [0.25, 0.3) is 0 Å². The van der Waals surface area contributed by atoms with Crippen LogP contribution in [0, 0.1) is 6.58 Å². The summed E-state index contributed by atoms with van der Waals surface area (Å²) in [6.07, 6.45) is 3.10. The average Bonchev–Trinajstić information content (AvgIpc) is 1.68. The van der Waals surface area contributed by atoms with Gasteiger partial charge in [0.1, 0.15) is 0 Å². The summed E-state index contributed by atoms with van der Waals surface area (Å²) in [6, 6.07) is 0. The molecule has 0 heteroatoms. The van der Waals surface area contributed by atoms with E-state index in [2.05, 4.69) is 18.9 Å². The number of rotatable bonds is 2. The summed E-state index contributed by atoms with van der Waals surface area (Å²) < 4.78 is 0. The molecular formula is C7H7. The van der Waals surface area contributed by atoms with E-state index in [1.807, 2.05) is 0 Å². The monoisotopic (exact) mass is 91.1 g/mol. The lowest BCUT2D eigenvalue weighted by Crippen LogP contribution is -1.57. The molecule has 0 aliphatic heterocycles. The fourth-order valence-electron chi connectivity index (χ4n) is 0.177. The third-order valence-electron chi connectivity index (χ3n) is 0.504. The van der Waals surface area contributed by atoms with Crippen LogP contribution in [0.1, 0.15) is 0 Å². The summed E-state index contributed by atoms with van der Waals surface area (Å²) in [6.45, 7) is 12.0. The molecular weight excluding hydrogens is 84.1 g/mol. The summed E-state index contributed by atoms with van der Waals surface area (Å²) >= 11 is 0. The lowest BCUT2D eigenvalue weighted by molar-refractivity contribution is 1.77. The number of allylic oxidation sites excluding steroid dienone is 3. The van der Waals surface area contributed by atoms with Crippen LogP contribution in [-0.2, 0) is 0 Å². The maximum atomic E-state index is 5.22. The molecule has 0 saturated heterocycles. The first-order valence-corrected chi connectivity index (χ1v) is 1.92. The zero-order chi connectivity index (χ0) is 5.70. The molecule has 0 nitrogen and oxygen atoms in total. The van der Waals surface area contributed by atoms with Crippen LogP contribution in [0.5, 0.6) is 0 Å². The SMILES string of the molecule is [CH]=C(C=C)C=C=C. The lowest BCUT2D eigenvalue weighted by Gasteiger charge is -1.76. The van der Waals surface area contributed by atoms with Crippen LogP contribution in [0.3, 0.4) is 0 Å². The Kier molecular flexibility index (Phi) is 2.74. The van der Waals surface area contributed by atoms with E-state index in [1.54, 1.807) is 6.08 Å². The largest absolute Gasteiger partial charge is 0.128 e. The second-order valence-electron chi connectivity index (χ2n) is 1.05. The molecule has 0 aliphatic rings. The van der Waals surface area contributed by atoms with Crippen molar-refractivity contribution in [2.24, 2.45) is 0 Å². The van der Waals surface area contributed by atoms with Gasteiger partial charge >= 0.3 is 0 Å². The van der Waals surface area contributed by atoms with Gasteiger partial charge in [0.15, 0.2) is 0 Å². The van der Waals surface area contributed by atoms with Crippen LogP contribution >= 0.6 is 0 Å². The van der Waals surface area contributed by atoms with Gasteiger partial charge in [0, 0.05) is 0 Å². The van der Waals surface area contributed by atoms with E-state index >= 15 is 0 Å². The van der Waals surface area contributed by atoms with Gasteiger partial charge in [-0.15, -0.1) is 5.73 Å². The van der Waals surface area contributed by atoms with Crippen LogP contribution in [0.15, 0.2) is 36.6 Å². The van der Waals surface area contributed by atoms with Crippen LogP contribution in [0.25, 0.3) is 0 Å². The van der Waals surface area contributed by atoms with Gasteiger partial charge in [0.05, 0.1) is 0 Å². The van der Waals surface area contributed by atoms with Gasteiger partial charge in [-0.25, -0.2) is 0 Å². The van der Waals surface area contributed by atoms with E-state index in [9.17, 15) is 0 Å². The smallest absolute Gasteiger partial charge is 0.0134 e. The maximum Gasteiger partial charge on any atom is -0.0134 e. The van der Waals surface area contributed by atoms with Crippen LogP contribution in [0.2, 0.25) is 0 Å². The zero-order valence-electron chi connectivity index (χ0n) is 4.15. The fraction of sp³-hybridized carbons (Fsp3) is 0. The molecule has 0 aliphatic carbocycles. The molecule has 0 spiro atoms. The van der Waals surface area contributed by atoms with Crippen LogP contribution in [-0.4, -0.2) is 0 Å². The Hall–Kier alpha value is -1.00. The normalized spacial score (nSPS) is 6.29. The highest BCUT2D eigenvalue weighted by Gasteiger charge is 1.69. The first-order valence-electron chi connectivity index (χ1n) is 1.92. The summed E-state index contributed by atoms with van der Waals surface area (Å²) in [7, 11) is 0. The highest BCUT2D eigenvalue weighted by molar-refractivity contribution is 5.22. The van der Waals surface area contributed by atoms with Crippen molar-refractivity contribution in [1.29, 1.82) is 0 Å². The van der Waals surface area contributed by atoms with E-state index in [1.165, 1.54) is 6.08 Å². The molecule has 0 fully saturated rings. The third kappa shape index (κ3) is 2.81. The van der Waals surface area contributed by atoms with Gasteiger partial charge in [-0.2, -0.15) is 0 Å². The van der Waals surface area contributed by atoms with Crippen LogP contribution < -0.4 is 0 Å². The molecule has 35 valence electrons. The van der Waals surface area contributed by atoms with Crippen molar-refractivity contribution in [2.75, 3.05) is 0 Å². The van der Waals surface area contributed by atoms with Crippen molar-refractivity contribution in [2.45, 2.75) is 0 Å². The van der Waals surface area contributed by atoms with Gasteiger partial charge in [-0.05, 0) is 11.6 Å². The molecule has 0 aromatic heterocycles. The fourth-order valence-corrected chi connectivity index (χ4v) is 0.177. The molecule has 0 saturated carbocycles. The predicted octanol–water partition coefficient (Wildman–Crippen LogP) is 1.87. The van der Waals surface area contributed by atoms with Gasteiger partial charge in [-0.3, -0.25) is 0 Å². The number of hydrogen-bond donors (Lipinski definition) is 0. The van der Waals surface area contributed by atoms with E-state index in [0.717, 1.165) is 0 Å². The minimum absolute atomic E-state index is 0.593. The first-order chi connectivity index (χ1) is 3.31. The molecule has 1 radical (unpaired) electrons. The van der Waals surface area contributed by atoms with Gasteiger partial charge in [0.2, 0.25) is 0 Å². The Morgan fingerprint density at radius 2 is 2.29 bits per heavy atom. The molecule has 0 atom stereocenters. The van der Waals surface area contributed by atoms with Gasteiger partial charge in [-0.1, -0.05) is 25.8 Å². The Labute approximate surface area is 44.2 Å². The second kappa shape index (κ2) is 3.20. The quantitative estimate of drug-likeness (QED) is 0.359. The van der Waals surface area contributed by atoms with Crippen molar-refractivity contribution in [1.82, 2.24) is 0 Å². The predicted molar refractivity (Wildman–Crippen MR) is 31.7 cm³/mol. The Balaban J connectivity index is 3.82. The van der Waals surface area contributed by atoms with E-state index < -0.39 is 0 Å². The molecule has 0 amide bonds. The molecule has 7 heavy (non-hydrogen) atoms. The van der Waals surface area contributed by atoms with E-state index in [-0.39, 0.29) is 0 Å². The standard InChI is InChI=1S/C7H7/c1-4-6-7(3)5-2/h3,5-6H,1-2H2. The Morgan fingerprint density at radius 1 is 1.71 bits per heavy atom. The van der Waals surface area contributed by atoms with Crippen molar-refractivity contribution < 1.29 is 0 Å².